The number of rotatable bonds is 1. The van der Waals surface area contributed by atoms with Crippen LogP contribution in [0.15, 0.2) is 18.2 Å². The highest BCUT2D eigenvalue weighted by Gasteiger charge is 2.39. The van der Waals surface area contributed by atoms with Gasteiger partial charge in [0.25, 0.3) is 5.91 Å². The topological polar surface area (TPSA) is 40.5 Å². The van der Waals surface area contributed by atoms with Gasteiger partial charge in [0, 0.05) is 11.6 Å². The minimum Gasteiger partial charge on any atom is -0.386 e. The van der Waals surface area contributed by atoms with Crippen molar-refractivity contribution in [1.82, 2.24) is 4.90 Å². The van der Waals surface area contributed by atoms with Crippen LogP contribution < -0.4 is 0 Å². The van der Waals surface area contributed by atoms with E-state index in [1.54, 1.807) is 6.92 Å². The van der Waals surface area contributed by atoms with E-state index in [-0.39, 0.29) is 18.7 Å². The highest BCUT2D eigenvalue weighted by atomic mass is 19.1. The standard InChI is InChI=1S/C11H11F2NO2/c1-11(16)5-14(6-11)10(15)7-2-8(12)4-9(13)3-7/h2-4,16H,5-6H2,1H3. The monoisotopic (exact) mass is 227 g/mol. The van der Waals surface area contributed by atoms with Gasteiger partial charge in [-0.2, -0.15) is 0 Å². The summed E-state index contributed by atoms with van der Waals surface area (Å²) in [6.45, 7) is 1.97. The van der Waals surface area contributed by atoms with E-state index in [0.717, 1.165) is 12.1 Å². The average molecular weight is 227 g/mol. The van der Waals surface area contributed by atoms with Gasteiger partial charge in [-0.3, -0.25) is 4.79 Å². The maximum atomic E-state index is 12.9. The number of halogens is 2. The van der Waals surface area contributed by atoms with Gasteiger partial charge in [-0.15, -0.1) is 0 Å². The minimum atomic E-state index is -0.887. The second-order valence-corrected chi connectivity index (χ2v) is 4.32. The van der Waals surface area contributed by atoms with E-state index < -0.39 is 23.1 Å². The predicted molar refractivity (Wildman–Crippen MR) is 52.9 cm³/mol. The Morgan fingerprint density at radius 1 is 1.31 bits per heavy atom. The van der Waals surface area contributed by atoms with Crippen molar-refractivity contribution in [3.8, 4) is 0 Å². The summed E-state index contributed by atoms with van der Waals surface area (Å²) in [4.78, 5) is 13.0. The second kappa shape index (κ2) is 3.52. The van der Waals surface area contributed by atoms with E-state index in [1.807, 2.05) is 0 Å². The first-order valence-electron chi connectivity index (χ1n) is 4.85. The molecule has 0 atom stereocenters. The second-order valence-electron chi connectivity index (χ2n) is 4.32. The molecule has 1 saturated heterocycles. The SMILES string of the molecule is CC1(O)CN(C(=O)c2cc(F)cc(F)c2)C1. The quantitative estimate of drug-likeness (QED) is 0.782. The Balaban J connectivity index is 2.16. The molecule has 1 aromatic rings. The molecule has 0 bridgehead atoms. The molecule has 3 nitrogen and oxygen atoms in total. The molecule has 2 rings (SSSR count). The molecule has 0 radical (unpaired) electrons. The summed E-state index contributed by atoms with van der Waals surface area (Å²) in [5.41, 5.74) is -0.922. The molecule has 0 aliphatic carbocycles. The van der Waals surface area contributed by atoms with Crippen molar-refractivity contribution in [2.24, 2.45) is 0 Å². The van der Waals surface area contributed by atoms with Crippen molar-refractivity contribution in [3.05, 3.63) is 35.4 Å². The summed E-state index contributed by atoms with van der Waals surface area (Å²) in [6, 6.07) is 2.68. The van der Waals surface area contributed by atoms with Crippen LogP contribution in [0.2, 0.25) is 0 Å². The number of hydrogen-bond donors (Lipinski definition) is 1. The van der Waals surface area contributed by atoms with Gasteiger partial charge in [0.05, 0.1) is 18.7 Å². The van der Waals surface area contributed by atoms with Crippen LogP contribution in [0.4, 0.5) is 8.78 Å². The first-order valence-corrected chi connectivity index (χ1v) is 4.85. The molecule has 5 heteroatoms. The Morgan fingerprint density at radius 3 is 2.25 bits per heavy atom. The maximum absolute atomic E-state index is 12.9. The number of carbonyl (C=O) groups excluding carboxylic acids is 1. The molecule has 1 aromatic carbocycles. The third-order valence-electron chi connectivity index (χ3n) is 2.46. The van der Waals surface area contributed by atoms with Gasteiger partial charge in [-0.1, -0.05) is 0 Å². The maximum Gasteiger partial charge on any atom is 0.254 e. The summed E-state index contributed by atoms with van der Waals surface area (Å²) in [6.07, 6.45) is 0. The first kappa shape index (κ1) is 11.0. The summed E-state index contributed by atoms with van der Waals surface area (Å²) >= 11 is 0. The molecule has 1 fully saturated rings. The molecule has 0 unspecified atom stereocenters. The lowest BCUT2D eigenvalue weighted by Gasteiger charge is -2.44. The number of aliphatic hydroxyl groups is 1. The Bertz CT molecular complexity index is 417. The van der Waals surface area contributed by atoms with Gasteiger partial charge in [0.1, 0.15) is 11.6 Å². The van der Waals surface area contributed by atoms with E-state index in [4.69, 9.17) is 0 Å². The zero-order valence-corrected chi connectivity index (χ0v) is 8.70. The van der Waals surface area contributed by atoms with E-state index >= 15 is 0 Å². The Hall–Kier alpha value is -1.49. The van der Waals surface area contributed by atoms with Crippen LogP contribution >= 0.6 is 0 Å². The summed E-state index contributed by atoms with van der Waals surface area (Å²) in [7, 11) is 0. The van der Waals surface area contributed by atoms with Crippen LogP contribution in [-0.2, 0) is 0 Å². The smallest absolute Gasteiger partial charge is 0.254 e. The largest absolute Gasteiger partial charge is 0.386 e. The molecule has 1 aliphatic rings. The molecule has 1 amide bonds. The van der Waals surface area contributed by atoms with Crippen molar-refractivity contribution in [3.63, 3.8) is 0 Å². The number of likely N-dealkylation sites (tertiary alicyclic amines) is 1. The number of hydrogen-bond acceptors (Lipinski definition) is 2. The van der Waals surface area contributed by atoms with E-state index in [2.05, 4.69) is 0 Å². The molecule has 0 saturated carbocycles. The molecule has 1 heterocycles. The zero-order valence-electron chi connectivity index (χ0n) is 8.70. The zero-order chi connectivity index (χ0) is 11.9. The number of β-amino-alcohol motifs (C(OH)–C–C–N with tert-alkyl or cyclic N) is 1. The van der Waals surface area contributed by atoms with Gasteiger partial charge < -0.3 is 10.0 Å². The van der Waals surface area contributed by atoms with Gasteiger partial charge >= 0.3 is 0 Å². The van der Waals surface area contributed by atoms with E-state index in [1.165, 1.54) is 4.90 Å². The third kappa shape index (κ3) is 2.04. The lowest BCUT2D eigenvalue weighted by Crippen LogP contribution is -2.61. The molecule has 86 valence electrons. The van der Waals surface area contributed by atoms with Gasteiger partial charge in [0.15, 0.2) is 0 Å². The fourth-order valence-electron chi connectivity index (χ4n) is 1.78. The van der Waals surface area contributed by atoms with Gasteiger partial charge in [-0.05, 0) is 19.1 Å². The predicted octanol–water partition coefficient (Wildman–Crippen LogP) is 1.17. The molecular formula is C11H11F2NO2. The summed E-state index contributed by atoms with van der Waals surface area (Å²) in [5, 5.41) is 9.45. The highest BCUT2D eigenvalue weighted by Crippen LogP contribution is 2.22. The lowest BCUT2D eigenvalue weighted by atomic mass is 9.96. The van der Waals surface area contributed by atoms with Crippen LogP contribution in [0.25, 0.3) is 0 Å². The van der Waals surface area contributed by atoms with Crippen molar-refractivity contribution < 1.29 is 18.7 Å². The first-order chi connectivity index (χ1) is 7.37. The molecule has 0 spiro atoms. The fraction of sp³-hybridized carbons (Fsp3) is 0.364. The van der Waals surface area contributed by atoms with Crippen LogP contribution in [0, 0.1) is 11.6 Å². The van der Waals surface area contributed by atoms with Crippen LogP contribution in [0.5, 0.6) is 0 Å². The van der Waals surface area contributed by atoms with E-state index in [0.29, 0.717) is 6.07 Å². The number of nitrogens with zero attached hydrogens (tertiary/aromatic N) is 1. The number of carbonyl (C=O) groups is 1. The molecule has 1 aliphatic heterocycles. The van der Waals surface area contributed by atoms with Crippen molar-refractivity contribution >= 4 is 5.91 Å². The molecule has 1 N–H and O–H groups in total. The van der Waals surface area contributed by atoms with Crippen LogP contribution in [-0.4, -0.2) is 34.6 Å². The molecule has 16 heavy (non-hydrogen) atoms. The molecule has 0 aromatic heterocycles. The Labute approximate surface area is 91.3 Å². The van der Waals surface area contributed by atoms with E-state index in [9.17, 15) is 18.7 Å². The van der Waals surface area contributed by atoms with Crippen molar-refractivity contribution in [2.75, 3.05) is 13.1 Å². The molecular weight excluding hydrogens is 216 g/mol. The van der Waals surface area contributed by atoms with Gasteiger partial charge in [-0.25, -0.2) is 8.78 Å². The van der Waals surface area contributed by atoms with Crippen LogP contribution in [0.1, 0.15) is 17.3 Å². The third-order valence-corrected chi connectivity index (χ3v) is 2.46. The lowest BCUT2D eigenvalue weighted by molar-refractivity contribution is -0.0668. The highest BCUT2D eigenvalue weighted by molar-refractivity contribution is 5.94. The minimum absolute atomic E-state index is 0.0343. The van der Waals surface area contributed by atoms with Crippen molar-refractivity contribution in [1.29, 1.82) is 0 Å². The Kier molecular flexibility index (Phi) is 2.42. The summed E-state index contributed by atoms with van der Waals surface area (Å²) < 4.78 is 25.7. The number of amides is 1. The number of benzene rings is 1. The summed E-state index contributed by atoms with van der Waals surface area (Å²) in [5.74, 6) is -2.03. The average Bonchev–Trinajstić information content (AvgIpc) is 2.11. The fourth-order valence-corrected chi connectivity index (χ4v) is 1.78. The Morgan fingerprint density at radius 2 is 1.81 bits per heavy atom. The normalized spacial score (nSPS) is 18.1. The van der Waals surface area contributed by atoms with Gasteiger partial charge in [0.2, 0.25) is 0 Å². The van der Waals surface area contributed by atoms with Crippen molar-refractivity contribution in [2.45, 2.75) is 12.5 Å². The van der Waals surface area contributed by atoms with Crippen LogP contribution in [0.3, 0.4) is 0 Å².